The molecule has 3 rings (SSSR count). The molecule has 138 valence electrons. The first-order chi connectivity index (χ1) is 13.9. The zero-order chi connectivity index (χ0) is 19.3. The zero-order valence-electron chi connectivity index (χ0n) is 14.8. The lowest BCUT2D eigenvalue weighted by Gasteiger charge is -2.02. The van der Waals surface area contributed by atoms with Gasteiger partial charge in [0.2, 0.25) is 0 Å². The van der Waals surface area contributed by atoms with Crippen LogP contribution in [0.25, 0.3) is 0 Å². The van der Waals surface area contributed by atoms with Gasteiger partial charge in [0, 0.05) is 37.2 Å². The summed E-state index contributed by atoms with van der Waals surface area (Å²) >= 11 is 0. The minimum Gasteiger partial charge on any atom is -0.265 e. The van der Waals surface area contributed by atoms with E-state index in [0.717, 1.165) is 16.7 Å². The van der Waals surface area contributed by atoms with Crippen LogP contribution in [-0.4, -0.2) is 39.6 Å². The van der Waals surface area contributed by atoms with E-state index in [9.17, 15) is 0 Å². The summed E-state index contributed by atoms with van der Waals surface area (Å²) in [4.78, 5) is 11.9. The summed E-state index contributed by atoms with van der Waals surface area (Å²) in [6.45, 7) is 0. The molecule has 0 saturated heterocycles. The van der Waals surface area contributed by atoms with Gasteiger partial charge in [-0.2, -0.15) is 15.3 Å². The molecule has 0 saturated carbocycles. The van der Waals surface area contributed by atoms with Gasteiger partial charge in [-0.15, -0.1) is 5.10 Å². The Bertz CT molecular complexity index is 899. The summed E-state index contributed by atoms with van der Waals surface area (Å²) in [6.07, 6.45) is 15.0. The number of guanidine groups is 1. The van der Waals surface area contributed by atoms with Crippen molar-refractivity contribution in [1.29, 1.82) is 0 Å². The van der Waals surface area contributed by atoms with Crippen molar-refractivity contribution in [3.63, 3.8) is 0 Å². The maximum Gasteiger partial charge on any atom is 0.257 e. The normalized spacial score (nSPS) is 11.1. The van der Waals surface area contributed by atoms with Gasteiger partial charge in [0.05, 0.1) is 18.6 Å². The van der Waals surface area contributed by atoms with Crippen LogP contribution in [0.2, 0.25) is 0 Å². The van der Waals surface area contributed by atoms with Crippen LogP contribution in [0.3, 0.4) is 0 Å². The van der Waals surface area contributed by atoms with Crippen LogP contribution in [-0.2, 0) is 0 Å². The Morgan fingerprint density at radius 1 is 0.607 bits per heavy atom. The third kappa shape index (κ3) is 6.56. The Morgan fingerprint density at radius 2 is 1.00 bits per heavy atom. The summed E-state index contributed by atoms with van der Waals surface area (Å²) in [5, 5.41) is 16.4. The second-order valence-electron chi connectivity index (χ2n) is 5.27. The van der Waals surface area contributed by atoms with Gasteiger partial charge in [0.25, 0.3) is 5.96 Å². The van der Waals surface area contributed by atoms with E-state index in [-0.39, 0.29) is 5.96 Å². The first-order valence-corrected chi connectivity index (χ1v) is 8.29. The molecule has 0 fully saturated rings. The van der Waals surface area contributed by atoms with Crippen LogP contribution < -0.4 is 10.9 Å². The smallest absolute Gasteiger partial charge is 0.257 e. The van der Waals surface area contributed by atoms with E-state index in [1.165, 1.54) is 0 Å². The molecule has 0 aliphatic rings. The third-order valence-corrected chi connectivity index (χ3v) is 3.25. The Hall–Kier alpha value is -4.27. The first-order valence-electron chi connectivity index (χ1n) is 8.29. The van der Waals surface area contributed by atoms with Crippen LogP contribution in [0.5, 0.6) is 0 Å². The topological polar surface area (TPSA) is 112 Å². The standard InChI is InChI=1S/C19H17N9/c1-7-20-8-2-16(1)13-23-26-19(27-24-14-17-3-9-21-10-4-17)28-25-15-18-5-11-22-12-6-18/h1-15H,(H2,26,27,28)/b23-13+,24-14+,25-15+. The number of nitrogens with one attached hydrogen (secondary N) is 2. The van der Waals surface area contributed by atoms with Gasteiger partial charge in [-0.3, -0.25) is 15.0 Å². The average molecular weight is 371 g/mol. The van der Waals surface area contributed by atoms with Gasteiger partial charge in [-0.05, 0) is 53.1 Å². The predicted molar refractivity (Wildman–Crippen MR) is 109 cm³/mol. The largest absolute Gasteiger partial charge is 0.265 e. The molecule has 0 aliphatic carbocycles. The fourth-order valence-electron chi connectivity index (χ4n) is 1.91. The highest BCUT2D eigenvalue weighted by Gasteiger charge is 1.94. The lowest BCUT2D eigenvalue weighted by atomic mass is 10.3. The minimum atomic E-state index is 0.251. The van der Waals surface area contributed by atoms with E-state index < -0.39 is 0 Å². The van der Waals surface area contributed by atoms with Gasteiger partial charge in [0.15, 0.2) is 0 Å². The van der Waals surface area contributed by atoms with Crippen molar-refractivity contribution in [2.45, 2.75) is 0 Å². The molecule has 3 aromatic heterocycles. The fraction of sp³-hybridized carbons (Fsp3) is 0. The fourth-order valence-corrected chi connectivity index (χ4v) is 1.91. The van der Waals surface area contributed by atoms with Crippen molar-refractivity contribution < 1.29 is 0 Å². The zero-order valence-corrected chi connectivity index (χ0v) is 14.8. The van der Waals surface area contributed by atoms with Crippen LogP contribution in [0.1, 0.15) is 16.7 Å². The van der Waals surface area contributed by atoms with E-state index in [1.54, 1.807) is 55.8 Å². The van der Waals surface area contributed by atoms with E-state index >= 15 is 0 Å². The number of hydrogen-bond donors (Lipinski definition) is 2. The molecule has 0 radical (unpaired) electrons. The Balaban J connectivity index is 1.67. The van der Waals surface area contributed by atoms with Crippen LogP contribution in [0, 0.1) is 0 Å². The summed E-state index contributed by atoms with van der Waals surface area (Å²) in [5.74, 6) is 0.251. The van der Waals surface area contributed by atoms with E-state index in [4.69, 9.17) is 0 Å². The maximum absolute atomic E-state index is 4.13. The molecule has 0 atom stereocenters. The monoisotopic (exact) mass is 371 g/mol. The van der Waals surface area contributed by atoms with E-state index in [0.29, 0.717) is 0 Å². The number of hydrogen-bond acceptors (Lipinski definition) is 7. The molecule has 28 heavy (non-hydrogen) atoms. The Kier molecular flexibility index (Phi) is 7.05. The van der Waals surface area contributed by atoms with Crippen LogP contribution in [0.15, 0.2) is 94.0 Å². The summed E-state index contributed by atoms with van der Waals surface area (Å²) in [7, 11) is 0. The van der Waals surface area contributed by atoms with E-state index in [1.807, 2.05) is 36.4 Å². The summed E-state index contributed by atoms with van der Waals surface area (Å²) in [6, 6.07) is 11.0. The quantitative estimate of drug-likeness (QED) is 0.390. The van der Waals surface area contributed by atoms with Crippen molar-refractivity contribution in [2.75, 3.05) is 0 Å². The number of aromatic nitrogens is 3. The molecule has 9 nitrogen and oxygen atoms in total. The lowest BCUT2D eigenvalue weighted by molar-refractivity contribution is 0.890. The summed E-state index contributed by atoms with van der Waals surface area (Å²) in [5.41, 5.74) is 8.21. The highest BCUT2D eigenvalue weighted by Crippen LogP contribution is 1.93. The van der Waals surface area contributed by atoms with Crippen molar-refractivity contribution in [3.8, 4) is 0 Å². The van der Waals surface area contributed by atoms with Crippen molar-refractivity contribution in [3.05, 3.63) is 90.3 Å². The van der Waals surface area contributed by atoms with Gasteiger partial charge in [-0.25, -0.2) is 10.9 Å². The summed E-state index contributed by atoms with van der Waals surface area (Å²) < 4.78 is 0. The molecule has 0 unspecified atom stereocenters. The molecule has 3 aromatic rings. The van der Waals surface area contributed by atoms with Gasteiger partial charge in [0.1, 0.15) is 0 Å². The average Bonchev–Trinajstić information content (AvgIpc) is 2.76. The molecular weight excluding hydrogens is 354 g/mol. The lowest BCUT2D eigenvalue weighted by Crippen LogP contribution is -2.30. The molecule has 0 aliphatic heterocycles. The van der Waals surface area contributed by atoms with Crippen molar-refractivity contribution in [2.24, 2.45) is 20.4 Å². The molecule has 0 amide bonds. The second-order valence-corrected chi connectivity index (χ2v) is 5.27. The molecule has 2 N–H and O–H groups in total. The molecular formula is C19H17N9. The van der Waals surface area contributed by atoms with Crippen molar-refractivity contribution in [1.82, 2.24) is 25.8 Å². The van der Waals surface area contributed by atoms with Crippen LogP contribution in [0.4, 0.5) is 0 Å². The number of pyridine rings is 3. The SMILES string of the molecule is C(=N\N=C(N/N=C/c1ccncc1)N/N=C/c1ccncc1)/c1ccncc1. The van der Waals surface area contributed by atoms with Crippen molar-refractivity contribution >= 4 is 24.6 Å². The highest BCUT2D eigenvalue weighted by atomic mass is 15.5. The number of nitrogens with zero attached hydrogens (tertiary/aromatic N) is 7. The number of hydrazone groups is 2. The molecule has 0 bridgehead atoms. The maximum atomic E-state index is 4.13. The predicted octanol–water partition coefficient (Wildman–Crippen LogP) is 1.81. The minimum absolute atomic E-state index is 0.251. The Morgan fingerprint density at radius 3 is 1.43 bits per heavy atom. The highest BCUT2D eigenvalue weighted by molar-refractivity contribution is 5.86. The first kappa shape index (κ1) is 18.5. The molecule has 0 aromatic carbocycles. The van der Waals surface area contributed by atoms with Crippen LogP contribution >= 0.6 is 0 Å². The molecule has 0 spiro atoms. The molecule has 3 heterocycles. The van der Waals surface area contributed by atoms with E-state index in [2.05, 4.69) is 46.2 Å². The van der Waals surface area contributed by atoms with Gasteiger partial charge >= 0.3 is 0 Å². The van der Waals surface area contributed by atoms with Gasteiger partial charge in [-0.1, -0.05) is 0 Å². The van der Waals surface area contributed by atoms with Gasteiger partial charge < -0.3 is 0 Å². The Labute approximate surface area is 161 Å². The third-order valence-electron chi connectivity index (χ3n) is 3.25. The second kappa shape index (κ2) is 10.7. The molecule has 9 heteroatoms. The number of rotatable bonds is 6.